The van der Waals surface area contributed by atoms with Crippen molar-refractivity contribution in [2.75, 3.05) is 13.6 Å². The minimum Gasteiger partial charge on any atom is -0.326 e. The summed E-state index contributed by atoms with van der Waals surface area (Å²) in [6.45, 7) is 5.51. The Kier molecular flexibility index (Phi) is 4.44. The highest BCUT2D eigenvalue weighted by molar-refractivity contribution is 5.16. The Bertz CT molecular complexity index is 331. The van der Waals surface area contributed by atoms with Crippen molar-refractivity contribution in [2.45, 2.75) is 32.4 Å². The van der Waals surface area contributed by atoms with E-state index in [9.17, 15) is 4.39 Å². The molecule has 0 aliphatic heterocycles. The topological polar surface area (TPSA) is 29.3 Å². The summed E-state index contributed by atoms with van der Waals surface area (Å²) in [7, 11) is 1.98. The maximum atomic E-state index is 13.4. The molecule has 2 N–H and O–H groups in total. The lowest BCUT2D eigenvalue weighted by Gasteiger charge is -2.23. The van der Waals surface area contributed by atoms with Crippen LogP contribution in [0.15, 0.2) is 24.3 Å². The van der Waals surface area contributed by atoms with Gasteiger partial charge in [0.2, 0.25) is 0 Å². The van der Waals surface area contributed by atoms with E-state index in [-0.39, 0.29) is 11.4 Å². The molecule has 1 aromatic carbocycles. The molecule has 0 heterocycles. The Morgan fingerprint density at radius 3 is 2.50 bits per heavy atom. The molecule has 0 saturated carbocycles. The van der Waals surface area contributed by atoms with Gasteiger partial charge < -0.3 is 10.6 Å². The van der Waals surface area contributed by atoms with E-state index in [2.05, 4.69) is 4.90 Å². The molecule has 0 fully saturated rings. The van der Waals surface area contributed by atoms with Gasteiger partial charge in [0.05, 0.1) is 0 Å². The third-order valence-electron chi connectivity index (χ3n) is 2.54. The van der Waals surface area contributed by atoms with Crippen molar-refractivity contribution >= 4 is 0 Å². The lowest BCUT2D eigenvalue weighted by Crippen LogP contribution is -2.36. The molecule has 0 saturated heterocycles. The molecule has 0 aliphatic rings. The first-order valence-corrected chi connectivity index (χ1v) is 5.59. The number of benzene rings is 1. The monoisotopic (exact) mass is 224 g/mol. The highest BCUT2D eigenvalue weighted by Gasteiger charge is 2.12. The van der Waals surface area contributed by atoms with Crippen molar-refractivity contribution in [2.24, 2.45) is 5.73 Å². The van der Waals surface area contributed by atoms with E-state index >= 15 is 0 Å². The van der Waals surface area contributed by atoms with E-state index in [0.717, 1.165) is 18.5 Å². The molecule has 0 aliphatic carbocycles. The number of hydrogen-bond donors (Lipinski definition) is 1. The summed E-state index contributed by atoms with van der Waals surface area (Å²) in [5.74, 6) is -0.138. The number of rotatable bonds is 5. The Labute approximate surface area is 97.3 Å². The quantitative estimate of drug-likeness (QED) is 0.832. The number of hydrogen-bond acceptors (Lipinski definition) is 2. The summed E-state index contributed by atoms with van der Waals surface area (Å²) in [5, 5.41) is 0. The average Bonchev–Trinajstić information content (AvgIpc) is 2.18. The molecule has 0 aromatic heterocycles. The average molecular weight is 224 g/mol. The van der Waals surface area contributed by atoms with E-state index < -0.39 is 0 Å². The van der Waals surface area contributed by atoms with E-state index in [0.29, 0.717) is 6.54 Å². The fourth-order valence-electron chi connectivity index (χ4n) is 1.48. The lowest BCUT2D eigenvalue weighted by molar-refractivity contribution is 0.285. The highest BCUT2D eigenvalue weighted by atomic mass is 19.1. The second kappa shape index (κ2) is 5.41. The molecule has 0 atom stereocenters. The molecule has 1 aromatic rings. The number of nitrogens with zero attached hydrogens (tertiary/aromatic N) is 1. The van der Waals surface area contributed by atoms with Crippen molar-refractivity contribution in [3.05, 3.63) is 35.6 Å². The Morgan fingerprint density at radius 2 is 1.94 bits per heavy atom. The van der Waals surface area contributed by atoms with Gasteiger partial charge in [-0.3, -0.25) is 0 Å². The molecular weight excluding hydrogens is 203 g/mol. The predicted molar refractivity (Wildman–Crippen MR) is 65.6 cm³/mol. The van der Waals surface area contributed by atoms with Crippen molar-refractivity contribution in [1.29, 1.82) is 0 Å². The molecule has 0 amide bonds. The van der Waals surface area contributed by atoms with E-state index in [1.54, 1.807) is 6.07 Å². The van der Waals surface area contributed by atoms with Crippen LogP contribution in [0.5, 0.6) is 0 Å². The predicted octanol–water partition coefficient (Wildman–Crippen LogP) is 2.38. The van der Waals surface area contributed by atoms with Crippen molar-refractivity contribution in [3.8, 4) is 0 Å². The van der Waals surface area contributed by atoms with Gasteiger partial charge in [-0.05, 0) is 39.9 Å². The second-order valence-electron chi connectivity index (χ2n) is 5.07. The van der Waals surface area contributed by atoms with Gasteiger partial charge in [-0.15, -0.1) is 0 Å². The minimum atomic E-state index is -0.163. The fourth-order valence-corrected chi connectivity index (χ4v) is 1.48. The Morgan fingerprint density at radius 1 is 1.31 bits per heavy atom. The first-order chi connectivity index (χ1) is 7.38. The van der Waals surface area contributed by atoms with Crippen LogP contribution in [0, 0.1) is 5.82 Å². The molecule has 1 rings (SSSR count). The van der Waals surface area contributed by atoms with Gasteiger partial charge in [0.25, 0.3) is 0 Å². The summed E-state index contributed by atoms with van der Waals surface area (Å²) < 4.78 is 13.4. The van der Waals surface area contributed by atoms with Crippen LogP contribution in [-0.4, -0.2) is 24.0 Å². The summed E-state index contributed by atoms with van der Waals surface area (Å²) >= 11 is 0. The number of halogens is 1. The van der Waals surface area contributed by atoms with Crippen molar-refractivity contribution < 1.29 is 4.39 Å². The maximum absolute atomic E-state index is 13.4. The molecule has 3 heteroatoms. The van der Waals surface area contributed by atoms with Gasteiger partial charge >= 0.3 is 0 Å². The summed E-state index contributed by atoms with van der Waals surface area (Å²) in [4.78, 5) is 2.09. The normalized spacial score (nSPS) is 12.1. The molecule has 16 heavy (non-hydrogen) atoms. The van der Waals surface area contributed by atoms with Crippen LogP contribution >= 0.6 is 0 Å². The highest BCUT2D eigenvalue weighted by Crippen LogP contribution is 2.10. The third-order valence-corrected chi connectivity index (χ3v) is 2.54. The number of nitrogens with two attached hydrogens (primary N) is 1. The Balaban J connectivity index is 2.46. The first-order valence-electron chi connectivity index (χ1n) is 5.59. The SMILES string of the molecule is CN(CCC(C)(C)N)Cc1ccccc1F. The van der Waals surface area contributed by atoms with Crippen LogP contribution in [0.3, 0.4) is 0 Å². The van der Waals surface area contributed by atoms with Crippen LogP contribution in [0.4, 0.5) is 4.39 Å². The molecule has 2 nitrogen and oxygen atoms in total. The Hall–Kier alpha value is -0.930. The zero-order valence-corrected chi connectivity index (χ0v) is 10.3. The lowest BCUT2D eigenvalue weighted by atomic mass is 10.0. The fraction of sp³-hybridized carbons (Fsp3) is 0.538. The van der Waals surface area contributed by atoms with E-state index in [1.807, 2.05) is 33.0 Å². The summed E-state index contributed by atoms with van der Waals surface area (Å²) in [5.41, 5.74) is 6.48. The molecule has 0 bridgehead atoms. The molecular formula is C13H21FN2. The van der Waals surface area contributed by atoms with Gasteiger partial charge in [0, 0.05) is 17.6 Å². The van der Waals surface area contributed by atoms with Crippen molar-refractivity contribution in [3.63, 3.8) is 0 Å². The molecule has 0 radical (unpaired) electrons. The van der Waals surface area contributed by atoms with Crippen LogP contribution < -0.4 is 5.73 Å². The van der Waals surface area contributed by atoms with Crippen LogP contribution in [0.2, 0.25) is 0 Å². The second-order valence-corrected chi connectivity index (χ2v) is 5.07. The standard InChI is InChI=1S/C13H21FN2/c1-13(2,15)8-9-16(3)10-11-6-4-5-7-12(11)14/h4-7H,8-10,15H2,1-3H3. The van der Waals surface area contributed by atoms with Gasteiger partial charge in [0.15, 0.2) is 0 Å². The van der Waals surface area contributed by atoms with Crippen molar-refractivity contribution in [1.82, 2.24) is 4.90 Å². The smallest absolute Gasteiger partial charge is 0.127 e. The molecule has 0 spiro atoms. The minimum absolute atomic E-state index is 0.138. The van der Waals surface area contributed by atoms with Crippen LogP contribution in [0.25, 0.3) is 0 Å². The van der Waals surface area contributed by atoms with E-state index in [1.165, 1.54) is 6.07 Å². The third kappa shape index (κ3) is 4.73. The van der Waals surface area contributed by atoms with Crippen LogP contribution in [0.1, 0.15) is 25.8 Å². The maximum Gasteiger partial charge on any atom is 0.127 e. The zero-order valence-electron chi connectivity index (χ0n) is 10.3. The summed E-state index contributed by atoms with van der Waals surface area (Å²) in [6, 6.07) is 6.89. The van der Waals surface area contributed by atoms with Gasteiger partial charge in [-0.25, -0.2) is 4.39 Å². The molecule has 0 unspecified atom stereocenters. The largest absolute Gasteiger partial charge is 0.326 e. The van der Waals surface area contributed by atoms with Gasteiger partial charge in [-0.2, -0.15) is 0 Å². The van der Waals surface area contributed by atoms with Crippen LogP contribution in [-0.2, 0) is 6.54 Å². The summed E-state index contributed by atoms with van der Waals surface area (Å²) in [6.07, 6.45) is 0.901. The van der Waals surface area contributed by atoms with Gasteiger partial charge in [-0.1, -0.05) is 18.2 Å². The zero-order chi connectivity index (χ0) is 12.2. The molecule has 90 valence electrons. The van der Waals surface area contributed by atoms with Gasteiger partial charge in [0.1, 0.15) is 5.82 Å². The first kappa shape index (κ1) is 13.1. The van der Waals surface area contributed by atoms with E-state index in [4.69, 9.17) is 5.73 Å².